The number of rotatable bonds is 1. The largest absolute Gasteiger partial charge is 0.462 e. The molecule has 5 nitrogen and oxygen atoms in total. The Morgan fingerprint density at radius 3 is 2.96 bits per heavy atom. The van der Waals surface area contributed by atoms with E-state index in [1.54, 1.807) is 6.20 Å². The number of aromatic nitrogens is 1. The first-order valence-electron chi connectivity index (χ1n) is 7.26. The maximum atomic E-state index is 12.4. The van der Waals surface area contributed by atoms with Crippen molar-refractivity contribution in [2.75, 3.05) is 11.9 Å². The van der Waals surface area contributed by atoms with Gasteiger partial charge in [-0.2, -0.15) is 0 Å². The number of esters is 1. The molecular formula is C17H13BrN2O3. The van der Waals surface area contributed by atoms with Crippen molar-refractivity contribution in [2.45, 2.75) is 13.3 Å². The standard InChI is InChI=1S/C17H13BrN2O3/c1-8-12(18)2-3-13-15(8)10(16(21)20-13)6-14-9-4-5-23-17(22)11(9)7-19-14/h2-3,6-7,19H,4-5H2,1H3,(H,20,21). The van der Waals surface area contributed by atoms with Crippen LogP contribution in [0.4, 0.5) is 5.69 Å². The lowest BCUT2D eigenvalue weighted by atomic mass is 9.98. The molecular weight excluding hydrogens is 360 g/mol. The molecule has 116 valence electrons. The van der Waals surface area contributed by atoms with Gasteiger partial charge >= 0.3 is 5.97 Å². The van der Waals surface area contributed by atoms with Crippen molar-refractivity contribution in [3.63, 3.8) is 0 Å². The number of cyclic esters (lactones) is 1. The van der Waals surface area contributed by atoms with Gasteiger partial charge in [-0.1, -0.05) is 15.9 Å². The number of H-pyrrole nitrogens is 1. The summed E-state index contributed by atoms with van der Waals surface area (Å²) < 4.78 is 5.99. The van der Waals surface area contributed by atoms with Gasteiger partial charge in [0.05, 0.1) is 17.7 Å². The highest BCUT2D eigenvalue weighted by Crippen LogP contribution is 2.39. The average Bonchev–Trinajstić information content (AvgIpc) is 3.07. The Labute approximate surface area is 140 Å². The molecule has 0 fully saturated rings. The number of anilines is 1. The summed E-state index contributed by atoms with van der Waals surface area (Å²) in [6.45, 7) is 2.34. The highest BCUT2D eigenvalue weighted by Gasteiger charge is 2.28. The number of aromatic amines is 1. The van der Waals surface area contributed by atoms with Crippen molar-refractivity contribution in [3.05, 3.63) is 50.8 Å². The summed E-state index contributed by atoms with van der Waals surface area (Å²) in [6.07, 6.45) is 4.11. The van der Waals surface area contributed by atoms with E-state index >= 15 is 0 Å². The van der Waals surface area contributed by atoms with Crippen molar-refractivity contribution in [1.82, 2.24) is 4.98 Å². The third-order valence-corrected chi connectivity index (χ3v) is 5.14. The third kappa shape index (κ3) is 2.13. The Hall–Kier alpha value is -2.34. The number of carbonyl (C=O) groups excluding carboxylic acids is 2. The summed E-state index contributed by atoms with van der Waals surface area (Å²) in [5.41, 5.74) is 5.55. The number of ether oxygens (including phenoxy) is 1. The summed E-state index contributed by atoms with van der Waals surface area (Å²) in [4.78, 5) is 27.2. The fourth-order valence-corrected chi connectivity index (χ4v) is 3.43. The van der Waals surface area contributed by atoms with Crippen LogP contribution in [0.15, 0.2) is 22.8 Å². The fourth-order valence-electron chi connectivity index (χ4n) is 3.10. The average molecular weight is 373 g/mol. The SMILES string of the molecule is Cc1c(Br)ccc2c1C(=Cc1[nH]cc3c1CCOC3=O)C(=O)N2. The number of hydrogen-bond donors (Lipinski definition) is 2. The highest BCUT2D eigenvalue weighted by molar-refractivity contribution is 9.10. The first-order chi connectivity index (χ1) is 11.1. The Morgan fingerprint density at radius 1 is 1.30 bits per heavy atom. The van der Waals surface area contributed by atoms with E-state index < -0.39 is 0 Å². The number of benzene rings is 1. The Bertz CT molecular complexity index is 895. The van der Waals surface area contributed by atoms with Crippen molar-refractivity contribution in [3.8, 4) is 0 Å². The molecule has 4 rings (SSSR count). The second kappa shape index (κ2) is 5.09. The number of hydrogen-bond acceptors (Lipinski definition) is 3. The Morgan fingerprint density at radius 2 is 2.13 bits per heavy atom. The molecule has 0 unspecified atom stereocenters. The molecule has 0 radical (unpaired) electrons. The minimum absolute atomic E-state index is 0.136. The van der Waals surface area contributed by atoms with Crippen molar-refractivity contribution >= 4 is 45.1 Å². The molecule has 2 aliphatic rings. The minimum Gasteiger partial charge on any atom is -0.462 e. The molecule has 0 saturated carbocycles. The van der Waals surface area contributed by atoms with E-state index in [9.17, 15) is 9.59 Å². The van der Waals surface area contributed by atoms with Gasteiger partial charge in [0.15, 0.2) is 0 Å². The third-order valence-electron chi connectivity index (χ3n) is 4.28. The van der Waals surface area contributed by atoms with E-state index in [1.807, 2.05) is 25.1 Å². The van der Waals surface area contributed by atoms with Crippen LogP contribution in [-0.4, -0.2) is 23.5 Å². The van der Waals surface area contributed by atoms with Crippen LogP contribution in [0.25, 0.3) is 11.6 Å². The van der Waals surface area contributed by atoms with E-state index in [4.69, 9.17) is 4.74 Å². The van der Waals surface area contributed by atoms with Crippen LogP contribution >= 0.6 is 15.9 Å². The quantitative estimate of drug-likeness (QED) is 0.595. The van der Waals surface area contributed by atoms with Crippen molar-refractivity contribution in [1.29, 1.82) is 0 Å². The molecule has 1 aromatic heterocycles. The molecule has 0 bridgehead atoms. The minimum atomic E-state index is -0.317. The number of amides is 1. The lowest BCUT2D eigenvalue weighted by molar-refractivity contribution is -0.110. The van der Waals surface area contributed by atoms with Gasteiger partial charge in [-0.25, -0.2) is 4.79 Å². The first kappa shape index (κ1) is 14.3. The number of carbonyl (C=O) groups is 2. The molecule has 23 heavy (non-hydrogen) atoms. The number of halogens is 1. The Kier molecular flexibility index (Phi) is 3.16. The molecule has 6 heteroatoms. The zero-order valence-corrected chi connectivity index (χ0v) is 13.9. The maximum absolute atomic E-state index is 12.4. The van der Waals surface area contributed by atoms with Crippen LogP contribution in [0.3, 0.4) is 0 Å². The van der Waals surface area contributed by atoms with Gasteiger partial charge in [0.1, 0.15) is 0 Å². The molecule has 1 amide bonds. The smallest absolute Gasteiger partial charge is 0.339 e. The Balaban J connectivity index is 1.87. The van der Waals surface area contributed by atoms with E-state index in [-0.39, 0.29) is 11.9 Å². The van der Waals surface area contributed by atoms with Crippen molar-refractivity contribution in [2.24, 2.45) is 0 Å². The van der Waals surface area contributed by atoms with E-state index in [0.717, 1.165) is 32.5 Å². The van der Waals surface area contributed by atoms with Crippen LogP contribution in [0, 0.1) is 6.92 Å². The molecule has 2 aromatic rings. The molecule has 2 N–H and O–H groups in total. The second-order valence-electron chi connectivity index (χ2n) is 5.59. The maximum Gasteiger partial charge on any atom is 0.339 e. The molecule has 1 aromatic carbocycles. The lowest BCUT2D eigenvalue weighted by Crippen LogP contribution is -2.16. The molecule has 0 saturated heterocycles. The second-order valence-corrected chi connectivity index (χ2v) is 6.44. The van der Waals surface area contributed by atoms with E-state index in [1.165, 1.54) is 0 Å². The van der Waals surface area contributed by atoms with Gasteiger partial charge in [0.25, 0.3) is 5.91 Å². The molecule has 3 heterocycles. The van der Waals surface area contributed by atoms with Gasteiger partial charge < -0.3 is 15.0 Å². The summed E-state index contributed by atoms with van der Waals surface area (Å²) in [7, 11) is 0. The summed E-state index contributed by atoms with van der Waals surface area (Å²) in [6, 6.07) is 3.80. The fraction of sp³-hybridized carbons (Fsp3) is 0.176. The van der Waals surface area contributed by atoms with Crippen LogP contribution < -0.4 is 5.32 Å². The van der Waals surface area contributed by atoms with Crippen LogP contribution in [0.5, 0.6) is 0 Å². The molecule has 0 spiro atoms. The summed E-state index contributed by atoms with van der Waals surface area (Å²) >= 11 is 3.51. The summed E-state index contributed by atoms with van der Waals surface area (Å²) in [5.74, 6) is -0.453. The lowest BCUT2D eigenvalue weighted by Gasteiger charge is -2.12. The van der Waals surface area contributed by atoms with Gasteiger partial charge in [-0.15, -0.1) is 0 Å². The van der Waals surface area contributed by atoms with Gasteiger partial charge in [0, 0.05) is 34.0 Å². The van der Waals surface area contributed by atoms with Crippen LogP contribution in [0.1, 0.15) is 32.7 Å². The predicted molar refractivity (Wildman–Crippen MR) is 90.2 cm³/mol. The topological polar surface area (TPSA) is 71.2 Å². The van der Waals surface area contributed by atoms with E-state index in [0.29, 0.717) is 24.2 Å². The van der Waals surface area contributed by atoms with Gasteiger partial charge in [-0.3, -0.25) is 4.79 Å². The predicted octanol–water partition coefficient (Wildman–Crippen LogP) is 3.29. The van der Waals surface area contributed by atoms with Crippen LogP contribution in [0.2, 0.25) is 0 Å². The number of nitrogens with one attached hydrogen (secondary N) is 2. The molecule has 0 atom stereocenters. The highest BCUT2D eigenvalue weighted by atomic mass is 79.9. The first-order valence-corrected chi connectivity index (χ1v) is 8.05. The summed E-state index contributed by atoms with van der Waals surface area (Å²) in [5, 5.41) is 2.88. The zero-order chi connectivity index (χ0) is 16.1. The van der Waals surface area contributed by atoms with Crippen molar-refractivity contribution < 1.29 is 14.3 Å². The zero-order valence-electron chi connectivity index (χ0n) is 12.3. The monoisotopic (exact) mass is 372 g/mol. The molecule has 0 aliphatic carbocycles. The van der Waals surface area contributed by atoms with Gasteiger partial charge in [0.2, 0.25) is 0 Å². The van der Waals surface area contributed by atoms with Gasteiger partial charge in [-0.05, 0) is 36.3 Å². The normalized spacial score (nSPS) is 17.7. The number of fused-ring (bicyclic) bond motifs is 2. The molecule has 2 aliphatic heterocycles. The van der Waals surface area contributed by atoms with Crippen LogP contribution in [-0.2, 0) is 16.0 Å². The van der Waals surface area contributed by atoms with E-state index in [2.05, 4.69) is 26.2 Å².